The van der Waals surface area contributed by atoms with Crippen molar-refractivity contribution in [2.75, 3.05) is 13.7 Å². The van der Waals surface area contributed by atoms with Gasteiger partial charge in [0.15, 0.2) is 0 Å². The Kier molecular flexibility index (Phi) is 4.28. The van der Waals surface area contributed by atoms with Crippen LogP contribution in [-0.2, 0) is 6.42 Å². The summed E-state index contributed by atoms with van der Waals surface area (Å²) >= 11 is 3.44. The van der Waals surface area contributed by atoms with Gasteiger partial charge in [0.1, 0.15) is 5.75 Å². The van der Waals surface area contributed by atoms with Crippen LogP contribution in [0.4, 0.5) is 0 Å². The fourth-order valence-electron chi connectivity index (χ4n) is 1.67. The molecule has 0 bridgehead atoms. The quantitative estimate of drug-likeness (QED) is 0.942. The number of halogens is 1. The Morgan fingerprint density at radius 1 is 1.22 bits per heavy atom. The molecule has 18 heavy (non-hydrogen) atoms. The molecule has 0 fully saturated rings. The minimum Gasteiger partial charge on any atom is -0.496 e. The molecule has 0 aliphatic rings. The monoisotopic (exact) mass is 307 g/mol. The molecule has 2 N–H and O–H groups in total. The van der Waals surface area contributed by atoms with Crippen molar-refractivity contribution < 1.29 is 4.74 Å². The number of ether oxygens (including phenoxy) is 1. The molecule has 1 heterocycles. The molecule has 1 aromatic heterocycles. The number of aromatic nitrogens is 2. The Morgan fingerprint density at radius 2 is 2.06 bits per heavy atom. The van der Waals surface area contributed by atoms with Crippen molar-refractivity contribution in [1.82, 2.24) is 10.2 Å². The summed E-state index contributed by atoms with van der Waals surface area (Å²) in [5.41, 5.74) is 8.08. The van der Waals surface area contributed by atoms with E-state index in [1.165, 1.54) is 0 Å². The van der Waals surface area contributed by atoms with Crippen molar-refractivity contribution >= 4 is 15.9 Å². The number of nitrogens with zero attached hydrogens (tertiary/aromatic N) is 2. The van der Waals surface area contributed by atoms with Crippen LogP contribution in [0.25, 0.3) is 11.3 Å². The lowest BCUT2D eigenvalue weighted by Gasteiger charge is -2.08. The summed E-state index contributed by atoms with van der Waals surface area (Å²) in [7, 11) is 1.64. The topological polar surface area (TPSA) is 61.0 Å². The lowest BCUT2D eigenvalue weighted by atomic mass is 10.1. The zero-order valence-corrected chi connectivity index (χ0v) is 11.6. The van der Waals surface area contributed by atoms with E-state index in [9.17, 15) is 0 Å². The first kappa shape index (κ1) is 13.0. The molecule has 0 amide bonds. The number of nitrogens with two attached hydrogens (primary N) is 1. The molecule has 1 aromatic carbocycles. The highest BCUT2D eigenvalue weighted by Gasteiger charge is 2.08. The van der Waals surface area contributed by atoms with E-state index in [4.69, 9.17) is 10.5 Å². The van der Waals surface area contributed by atoms with E-state index in [-0.39, 0.29) is 0 Å². The van der Waals surface area contributed by atoms with E-state index >= 15 is 0 Å². The molecule has 0 saturated heterocycles. The highest BCUT2D eigenvalue weighted by molar-refractivity contribution is 9.10. The first-order valence-corrected chi connectivity index (χ1v) is 6.40. The summed E-state index contributed by atoms with van der Waals surface area (Å²) in [5.74, 6) is 0.777. The molecule has 0 unspecified atom stereocenters. The van der Waals surface area contributed by atoms with E-state index in [1.54, 1.807) is 7.11 Å². The lowest BCUT2D eigenvalue weighted by molar-refractivity contribution is 0.416. The number of rotatable bonds is 4. The third-order valence-electron chi connectivity index (χ3n) is 2.56. The van der Waals surface area contributed by atoms with Gasteiger partial charge in [-0.25, -0.2) is 0 Å². The maximum Gasteiger partial charge on any atom is 0.128 e. The van der Waals surface area contributed by atoms with Crippen LogP contribution in [0, 0.1) is 0 Å². The van der Waals surface area contributed by atoms with Crippen molar-refractivity contribution in [2.24, 2.45) is 5.73 Å². The highest BCUT2D eigenvalue weighted by Crippen LogP contribution is 2.30. The normalized spacial score (nSPS) is 10.4. The summed E-state index contributed by atoms with van der Waals surface area (Å²) in [4.78, 5) is 0. The Labute approximate surface area is 114 Å². The van der Waals surface area contributed by atoms with E-state index < -0.39 is 0 Å². The number of benzene rings is 1. The van der Waals surface area contributed by atoms with Crippen LogP contribution in [-0.4, -0.2) is 23.9 Å². The van der Waals surface area contributed by atoms with E-state index in [0.29, 0.717) is 6.54 Å². The molecule has 94 valence electrons. The number of methoxy groups -OCH3 is 1. The summed E-state index contributed by atoms with van der Waals surface area (Å²) < 4.78 is 6.30. The van der Waals surface area contributed by atoms with Gasteiger partial charge < -0.3 is 10.5 Å². The number of hydrogen-bond acceptors (Lipinski definition) is 4. The molecule has 5 heteroatoms. The van der Waals surface area contributed by atoms with Gasteiger partial charge in [-0.05, 0) is 36.9 Å². The first-order chi connectivity index (χ1) is 8.74. The lowest BCUT2D eigenvalue weighted by Crippen LogP contribution is -2.05. The van der Waals surface area contributed by atoms with Gasteiger partial charge in [-0.2, -0.15) is 10.2 Å². The minimum atomic E-state index is 0.578. The summed E-state index contributed by atoms with van der Waals surface area (Å²) in [5, 5.41) is 8.36. The summed E-state index contributed by atoms with van der Waals surface area (Å²) in [6.45, 7) is 0.578. The van der Waals surface area contributed by atoms with Crippen LogP contribution in [0.15, 0.2) is 34.8 Å². The molecule has 2 aromatic rings. The molecule has 0 radical (unpaired) electrons. The molecule has 0 atom stereocenters. The average Bonchev–Trinajstić information content (AvgIpc) is 2.40. The predicted molar refractivity (Wildman–Crippen MR) is 74.5 cm³/mol. The van der Waals surface area contributed by atoms with Gasteiger partial charge in [-0.3, -0.25) is 0 Å². The number of hydrogen-bond donors (Lipinski definition) is 1. The van der Waals surface area contributed by atoms with Crippen LogP contribution < -0.4 is 10.5 Å². The second-order valence-corrected chi connectivity index (χ2v) is 4.71. The minimum absolute atomic E-state index is 0.578. The van der Waals surface area contributed by atoms with Gasteiger partial charge in [0.25, 0.3) is 0 Å². The SMILES string of the molecule is COc1ccc(Br)cc1-c1ccc(CCN)nn1. The van der Waals surface area contributed by atoms with Crippen LogP contribution in [0.1, 0.15) is 5.69 Å². The molecule has 2 rings (SSSR count). The Bertz CT molecular complexity index is 528. The maximum absolute atomic E-state index is 5.48. The van der Waals surface area contributed by atoms with Crippen molar-refractivity contribution in [2.45, 2.75) is 6.42 Å². The van der Waals surface area contributed by atoms with Crippen LogP contribution in [0.3, 0.4) is 0 Å². The standard InChI is InChI=1S/C13H14BrN3O/c1-18-13-5-2-9(14)8-11(13)12-4-3-10(6-7-15)16-17-12/h2-5,8H,6-7,15H2,1H3. The highest BCUT2D eigenvalue weighted by atomic mass is 79.9. The largest absolute Gasteiger partial charge is 0.496 e. The van der Waals surface area contributed by atoms with Gasteiger partial charge in [-0.15, -0.1) is 0 Å². The second kappa shape index (κ2) is 5.93. The predicted octanol–water partition coefficient (Wildman–Crippen LogP) is 2.42. The van der Waals surface area contributed by atoms with Crippen molar-refractivity contribution in [3.63, 3.8) is 0 Å². The average molecular weight is 308 g/mol. The Balaban J connectivity index is 2.38. The zero-order valence-electron chi connectivity index (χ0n) is 10.1. The van der Waals surface area contributed by atoms with Crippen molar-refractivity contribution in [3.05, 3.63) is 40.5 Å². The van der Waals surface area contributed by atoms with Crippen molar-refractivity contribution in [1.29, 1.82) is 0 Å². The second-order valence-electron chi connectivity index (χ2n) is 3.79. The van der Waals surface area contributed by atoms with Crippen molar-refractivity contribution in [3.8, 4) is 17.0 Å². The first-order valence-electron chi connectivity index (χ1n) is 5.61. The zero-order chi connectivity index (χ0) is 13.0. The summed E-state index contributed by atoms with van der Waals surface area (Å²) in [6.07, 6.45) is 0.739. The third-order valence-corrected chi connectivity index (χ3v) is 3.05. The van der Waals surface area contributed by atoms with Crippen LogP contribution in [0.5, 0.6) is 5.75 Å². The van der Waals surface area contributed by atoms with Gasteiger partial charge in [-0.1, -0.05) is 15.9 Å². The Morgan fingerprint density at radius 3 is 2.67 bits per heavy atom. The van der Waals surface area contributed by atoms with Gasteiger partial charge in [0.05, 0.1) is 18.5 Å². The van der Waals surface area contributed by atoms with Gasteiger partial charge >= 0.3 is 0 Å². The Hall–Kier alpha value is -1.46. The molecule has 0 spiro atoms. The molecular formula is C13H14BrN3O. The van der Waals surface area contributed by atoms with E-state index in [0.717, 1.165) is 33.6 Å². The van der Waals surface area contributed by atoms with E-state index in [1.807, 2.05) is 30.3 Å². The summed E-state index contributed by atoms with van der Waals surface area (Å²) in [6, 6.07) is 9.66. The molecule has 0 aliphatic carbocycles. The fraction of sp³-hybridized carbons (Fsp3) is 0.231. The van der Waals surface area contributed by atoms with Gasteiger partial charge in [0.2, 0.25) is 0 Å². The molecular weight excluding hydrogens is 294 g/mol. The fourth-order valence-corrected chi connectivity index (χ4v) is 2.03. The third kappa shape index (κ3) is 2.86. The van der Waals surface area contributed by atoms with Gasteiger partial charge in [0, 0.05) is 16.5 Å². The van der Waals surface area contributed by atoms with Crippen LogP contribution >= 0.6 is 15.9 Å². The van der Waals surface area contributed by atoms with E-state index in [2.05, 4.69) is 26.1 Å². The van der Waals surface area contributed by atoms with Crippen LogP contribution in [0.2, 0.25) is 0 Å². The molecule has 4 nitrogen and oxygen atoms in total. The maximum atomic E-state index is 5.48. The molecule has 0 saturated carbocycles. The molecule has 0 aliphatic heterocycles. The smallest absolute Gasteiger partial charge is 0.128 e.